The van der Waals surface area contributed by atoms with Gasteiger partial charge in [0.25, 0.3) is 0 Å². The van der Waals surface area contributed by atoms with E-state index in [-0.39, 0.29) is 5.78 Å². The number of carbonyl (C=O) groups excluding carboxylic acids is 1. The quantitative estimate of drug-likeness (QED) is 0.727. The molecule has 0 saturated heterocycles. The van der Waals surface area contributed by atoms with Crippen molar-refractivity contribution < 1.29 is 4.79 Å². The fourth-order valence-corrected chi connectivity index (χ4v) is 1.96. The van der Waals surface area contributed by atoms with Crippen molar-refractivity contribution in [2.24, 2.45) is 0 Å². The molecule has 78 valence electrons. The number of Topliss-reactive ketones (excluding diaryl/α,β-unsaturated/α-hetero) is 1. The number of carbonyl (C=O) groups is 1. The van der Waals surface area contributed by atoms with Gasteiger partial charge in [0, 0.05) is 29.9 Å². The third-order valence-corrected chi connectivity index (χ3v) is 2.83. The topological polar surface area (TPSA) is 20.3 Å². The van der Waals surface area contributed by atoms with E-state index in [0.29, 0.717) is 11.6 Å². The molecule has 1 aromatic rings. The summed E-state index contributed by atoms with van der Waals surface area (Å²) in [6.45, 7) is 2.26. The minimum atomic E-state index is 0.118. The van der Waals surface area contributed by atoms with Crippen LogP contribution < -0.4 is 4.90 Å². The van der Waals surface area contributed by atoms with Crippen LogP contribution in [-0.4, -0.2) is 19.4 Å². The largest absolute Gasteiger partial charge is 0.370 e. The Morgan fingerprint density at radius 2 is 2.20 bits per heavy atom. The second kappa shape index (κ2) is 3.70. The normalized spacial score (nSPS) is 14.6. The zero-order chi connectivity index (χ0) is 11.0. The van der Waals surface area contributed by atoms with Crippen LogP contribution in [0.2, 0.25) is 5.02 Å². The van der Waals surface area contributed by atoms with E-state index in [1.807, 2.05) is 31.3 Å². The van der Waals surface area contributed by atoms with E-state index in [1.165, 1.54) is 0 Å². The van der Waals surface area contributed by atoms with Crippen LogP contribution in [0.25, 0.3) is 6.08 Å². The number of hydrogen-bond donors (Lipinski definition) is 0. The summed E-state index contributed by atoms with van der Waals surface area (Å²) in [7, 11) is 1.97. The van der Waals surface area contributed by atoms with E-state index in [4.69, 9.17) is 11.6 Å². The highest BCUT2D eigenvalue weighted by Crippen LogP contribution is 2.30. The SMILES string of the molecule is CC(=O)C1=Cc2cc(Cl)ccc2N(C)C1. The average Bonchev–Trinajstić information content (AvgIpc) is 2.16. The molecule has 1 aliphatic heterocycles. The predicted octanol–water partition coefficient (Wildman–Crippen LogP) is 2.76. The Morgan fingerprint density at radius 3 is 2.87 bits per heavy atom. The van der Waals surface area contributed by atoms with Gasteiger partial charge < -0.3 is 4.90 Å². The van der Waals surface area contributed by atoms with Crippen LogP contribution in [0, 0.1) is 0 Å². The molecule has 0 aliphatic carbocycles. The Kier molecular flexibility index (Phi) is 2.53. The van der Waals surface area contributed by atoms with Gasteiger partial charge in [-0.2, -0.15) is 0 Å². The highest BCUT2D eigenvalue weighted by atomic mass is 35.5. The lowest BCUT2D eigenvalue weighted by molar-refractivity contribution is -0.113. The summed E-state index contributed by atoms with van der Waals surface area (Å²) in [6, 6.07) is 5.73. The number of ketones is 1. The maximum Gasteiger partial charge on any atom is 0.157 e. The number of anilines is 1. The van der Waals surface area contributed by atoms with Gasteiger partial charge in [-0.25, -0.2) is 0 Å². The van der Waals surface area contributed by atoms with Crippen molar-refractivity contribution in [2.45, 2.75) is 6.92 Å². The van der Waals surface area contributed by atoms with Crippen LogP contribution in [0.1, 0.15) is 12.5 Å². The predicted molar refractivity (Wildman–Crippen MR) is 63.4 cm³/mol. The Morgan fingerprint density at radius 1 is 1.47 bits per heavy atom. The van der Waals surface area contributed by atoms with Crippen molar-refractivity contribution in [2.75, 3.05) is 18.5 Å². The van der Waals surface area contributed by atoms with Gasteiger partial charge in [-0.05, 0) is 36.8 Å². The van der Waals surface area contributed by atoms with Crippen LogP contribution in [-0.2, 0) is 4.79 Å². The zero-order valence-corrected chi connectivity index (χ0v) is 9.51. The lowest BCUT2D eigenvalue weighted by Crippen LogP contribution is -2.26. The van der Waals surface area contributed by atoms with Crippen LogP contribution in [0.4, 0.5) is 5.69 Å². The molecule has 15 heavy (non-hydrogen) atoms. The second-order valence-electron chi connectivity index (χ2n) is 3.78. The summed E-state index contributed by atoms with van der Waals surface area (Å²) in [6.07, 6.45) is 1.92. The minimum Gasteiger partial charge on any atom is -0.370 e. The van der Waals surface area contributed by atoms with Crippen molar-refractivity contribution in [3.63, 3.8) is 0 Å². The Labute approximate surface area is 94.2 Å². The number of rotatable bonds is 1. The number of likely N-dealkylation sites (N-methyl/N-ethyl adjacent to an activating group) is 1. The Bertz CT molecular complexity index is 451. The smallest absolute Gasteiger partial charge is 0.157 e. The molecule has 3 heteroatoms. The van der Waals surface area contributed by atoms with E-state index < -0.39 is 0 Å². The Balaban J connectivity index is 2.53. The zero-order valence-electron chi connectivity index (χ0n) is 8.75. The third-order valence-electron chi connectivity index (χ3n) is 2.59. The van der Waals surface area contributed by atoms with E-state index >= 15 is 0 Å². The highest BCUT2D eigenvalue weighted by molar-refractivity contribution is 6.30. The van der Waals surface area contributed by atoms with Gasteiger partial charge in [-0.3, -0.25) is 4.79 Å². The first-order valence-electron chi connectivity index (χ1n) is 4.80. The first kappa shape index (κ1) is 10.2. The molecule has 2 rings (SSSR count). The minimum absolute atomic E-state index is 0.118. The fourth-order valence-electron chi connectivity index (χ4n) is 1.78. The van der Waals surface area contributed by atoms with Crippen molar-refractivity contribution in [1.29, 1.82) is 0 Å². The van der Waals surface area contributed by atoms with Crippen molar-refractivity contribution >= 4 is 29.1 Å². The number of fused-ring (bicyclic) bond motifs is 1. The summed E-state index contributed by atoms with van der Waals surface area (Å²) < 4.78 is 0. The number of benzene rings is 1. The van der Waals surface area contributed by atoms with Gasteiger partial charge in [0.05, 0.1) is 0 Å². The number of halogens is 1. The molecule has 0 amide bonds. The fraction of sp³-hybridized carbons (Fsp3) is 0.250. The van der Waals surface area contributed by atoms with Crippen molar-refractivity contribution in [3.8, 4) is 0 Å². The number of hydrogen-bond acceptors (Lipinski definition) is 2. The molecule has 0 radical (unpaired) electrons. The second-order valence-corrected chi connectivity index (χ2v) is 4.22. The molecular weight excluding hydrogens is 210 g/mol. The molecule has 1 heterocycles. The lowest BCUT2D eigenvalue weighted by Gasteiger charge is -2.26. The molecule has 2 nitrogen and oxygen atoms in total. The first-order chi connectivity index (χ1) is 7.08. The Hall–Kier alpha value is -1.28. The van der Waals surface area contributed by atoms with Crippen molar-refractivity contribution in [1.82, 2.24) is 0 Å². The summed E-state index contributed by atoms with van der Waals surface area (Å²) in [5, 5.41) is 0.697. The van der Waals surface area contributed by atoms with Crippen LogP contribution in [0.3, 0.4) is 0 Å². The molecule has 0 aromatic heterocycles. The highest BCUT2D eigenvalue weighted by Gasteiger charge is 2.17. The maximum absolute atomic E-state index is 11.3. The maximum atomic E-state index is 11.3. The van der Waals surface area contributed by atoms with Crippen molar-refractivity contribution in [3.05, 3.63) is 34.4 Å². The summed E-state index contributed by atoms with van der Waals surface area (Å²) >= 11 is 5.92. The monoisotopic (exact) mass is 221 g/mol. The standard InChI is InChI=1S/C12H12ClNO/c1-8(15)10-5-9-6-11(13)3-4-12(9)14(2)7-10/h3-6H,7H2,1-2H3. The molecule has 1 aliphatic rings. The third kappa shape index (κ3) is 1.90. The molecule has 0 spiro atoms. The van der Waals surface area contributed by atoms with Gasteiger partial charge in [0.1, 0.15) is 0 Å². The number of nitrogens with zero attached hydrogens (tertiary/aromatic N) is 1. The van der Waals surface area contributed by atoms with E-state index in [9.17, 15) is 4.79 Å². The van der Waals surface area contributed by atoms with Crippen LogP contribution >= 0.6 is 11.6 Å². The average molecular weight is 222 g/mol. The summed E-state index contributed by atoms with van der Waals surface area (Å²) in [5.74, 6) is 0.118. The van der Waals surface area contributed by atoms with Crippen LogP contribution in [0.15, 0.2) is 23.8 Å². The lowest BCUT2D eigenvalue weighted by atomic mass is 10.0. The van der Waals surface area contributed by atoms with E-state index in [1.54, 1.807) is 6.92 Å². The van der Waals surface area contributed by atoms with Crippen LogP contribution in [0.5, 0.6) is 0 Å². The molecule has 0 unspecified atom stereocenters. The summed E-state index contributed by atoms with van der Waals surface area (Å²) in [4.78, 5) is 13.4. The molecule has 0 N–H and O–H groups in total. The molecule has 0 fully saturated rings. The van der Waals surface area contributed by atoms with Gasteiger partial charge in [0.2, 0.25) is 0 Å². The molecule has 0 atom stereocenters. The van der Waals surface area contributed by atoms with Gasteiger partial charge in [-0.1, -0.05) is 11.6 Å². The summed E-state index contributed by atoms with van der Waals surface area (Å²) in [5.41, 5.74) is 2.96. The molecule has 0 saturated carbocycles. The first-order valence-corrected chi connectivity index (χ1v) is 5.18. The van der Waals surface area contributed by atoms with Gasteiger partial charge in [-0.15, -0.1) is 0 Å². The molecule has 1 aromatic carbocycles. The van der Waals surface area contributed by atoms with E-state index in [2.05, 4.69) is 4.90 Å². The van der Waals surface area contributed by atoms with Gasteiger partial charge >= 0.3 is 0 Å². The van der Waals surface area contributed by atoms with Gasteiger partial charge in [0.15, 0.2) is 5.78 Å². The molecule has 0 bridgehead atoms. The van der Waals surface area contributed by atoms with E-state index in [0.717, 1.165) is 16.8 Å². The molecular formula is C12H12ClNO.